The lowest BCUT2D eigenvalue weighted by atomic mass is 10.1. The minimum atomic E-state index is -3.84. The van der Waals surface area contributed by atoms with Crippen molar-refractivity contribution in [2.45, 2.75) is 15.8 Å². The SMILES string of the molecule is COc1cccc(C(CNS(=O)(=O)c2ccc(S(=O)(=O)N3CCOCC3)cc2)N(C)C)c1. The van der Waals surface area contributed by atoms with Crippen molar-refractivity contribution in [3.05, 3.63) is 54.1 Å². The molecule has 0 spiro atoms. The molecular formula is C21H29N3O6S2. The quantitative estimate of drug-likeness (QED) is 0.573. The Morgan fingerprint density at radius 2 is 1.66 bits per heavy atom. The van der Waals surface area contributed by atoms with E-state index in [0.29, 0.717) is 19.0 Å². The summed E-state index contributed by atoms with van der Waals surface area (Å²) in [5.41, 5.74) is 0.906. The summed E-state index contributed by atoms with van der Waals surface area (Å²) in [7, 11) is -2.21. The van der Waals surface area contributed by atoms with Crippen LogP contribution in [-0.4, -0.2) is 80.1 Å². The molecule has 1 fully saturated rings. The fourth-order valence-electron chi connectivity index (χ4n) is 3.45. The van der Waals surface area contributed by atoms with Gasteiger partial charge in [0, 0.05) is 25.7 Å². The molecule has 9 nitrogen and oxygen atoms in total. The Morgan fingerprint density at radius 1 is 1.03 bits per heavy atom. The number of nitrogens with zero attached hydrogens (tertiary/aromatic N) is 2. The van der Waals surface area contributed by atoms with Crippen molar-refractivity contribution < 1.29 is 26.3 Å². The summed E-state index contributed by atoms with van der Waals surface area (Å²) in [6.45, 7) is 1.38. The zero-order valence-corrected chi connectivity index (χ0v) is 20.0. The van der Waals surface area contributed by atoms with E-state index in [1.807, 2.05) is 43.3 Å². The number of methoxy groups -OCH3 is 1. The molecule has 3 rings (SSSR count). The summed E-state index contributed by atoms with van der Waals surface area (Å²) in [6, 6.07) is 12.5. The van der Waals surface area contributed by atoms with Gasteiger partial charge in [-0.25, -0.2) is 21.6 Å². The molecule has 0 radical (unpaired) electrons. The van der Waals surface area contributed by atoms with Gasteiger partial charge in [0.25, 0.3) is 0 Å². The summed E-state index contributed by atoms with van der Waals surface area (Å²) >= 11 is 0. The molecule has 1 aliphatic heterocycles. The minimum absolute atomic E-state index is 0.00146. The average Bonchev–Trinajstić information content (AvgIpc) is 2.79. The van der Waals surface area contributed by atoms with E-state index >= 15 is 0 Å². The topological polar surface area (TPSA) is 105 Å². The van der Waals surface area contributed by atoms with Crippen LogP contribution in [0, 0.1) is 0 Å². The monoisotopic (exact) mass is 483 g/mol. The van der Waals surface area contributed by atoms with Crippen LogP contribution in [0.5, 0.6) is 5.75 Å². The summed E-state index contributed by atoms with van der Waals surface area (Å²) in [5.74, 6) is 0.689. The number of hydrogen-bond donors (Lipinski definition) is 1. The van der Waals surface area contributed by atoms with Gasteiger partial charge in [-0.1, -0.05) is 12.1 Å². The number of sulfonamides is 2. The Balaban J connectivity index is 1.74. The van der Waals surface area contributed by atoms with Gasteiger partial charge >= 0.3 is 0 Å². The number of nitrogens with one attached hydrogen (secondary N) is 1. The number of hydrogen-bond acceptors (Lipinski definition) is 7. The maximum absolute atomic E-state index is 12.8. The first-order valence-corrected chi connectivity index (χ1v) is 13.1. The van der Waals surface area contributed by atoms with Crippen molar-refractivity contribution in [1.82, 2.24) is 13.9 Å². The number of morpholine rings is 1. The Kier molecular flexibility index (Phi) is 7.91. The third-order valence-corrected chi connectivity index (χ3v) is 8.66. The lowest BCUT2D eigenvalue weighted by Crippen LogP contribution is -2.40. The van der Waals surface area contributed by atoms with Crippen molar-refractivity contribution in [1.29, 1.82) is 0 Å². The Bertz CT molecular complexity index is 1110. The smallest absolute Gasteiger partial charge is 0.243 e. The normalized spacial score (nSPS) is 16.8. The maximum atomic E-state index is 12.8. The summed E-state index contributed by atoms with van der Waals surface area (Å²) < 4.78 is 65.6. The van der Waals surface area contributed by atoms with Crippen molar-refractivity contribution in [2.24, 2.45) is 0 Å². The molecule has 1 N–H and O–H groups in total. The van der Waals surface area contributed by atoms with Gasteiger partial charge in [-0.3, -0.25) is 0 Å². The van der Waals surface area contributed by atoms with E-state index in [0.717, 1.165) is 5.56 Å². The van der Waals surface area contributed by atoms with Crippen LogP contribution in [0.15, 0.2) is 58.3 Å². The highest BCUT2D eigenvalue weighted by molar-refractivity contribution is 7.89. The van der Waals surface area contributed by atoms with Gasteiger partial charge in [0.15, 0.2) is 0 Å². The third-order valence-electron chi connectivity index (χ3n) is 5.31. The zero-order chi connectivity index (χ0) is 23.4. The van der Waals surface area contributed by atoms with E-state index in [1.165, 1.54) is 28.6 Å². The fraction of sp³-hybridized carbons (Fsp3) is 0.429. The molecule has 0 aliphatic carbocycles. The lowest BCUT2D eigenvalue weighted by Gasteiger charge is -2.26. The van der Waals surface area contributed by atoms with Gasteiger partial charge in [-0.2, -0.15) is 4.31 Å². The molecular weight excluding hydrogens is 454 g/mol. The second kappa shape index (κ2) is 10.3. The third kappa shape index (κ3) is 5.66. The van der Waals surface area contributed by atoms with Crippen LogP contribution < -0.4 is 9.46 Å². The molecule has 1 atom stereocenters. The second-order valence-corrected chi connectivity index (χ2v) is 11.3. The molecule has 0 amide bonds. The van der Waals surface area contributed by atoms with E-state index in [2.05, 4.69) is 4.72 Å². The van der Waals surface area contributed by atoms with Crippen LogP contribution in [0.25, 0.3) is 0 Å². The van der Waals surface area contributed by atoms with Crippen LogP contribution in [0.1, 0.15) is 11.6 Å². The highest BCUT2D eigenvalue weighted by Crippen LogP contribution is 2.23. The van der Waals surface area contributed by atoms with E-state index in [1.54, 1.807) is 7.11 Å². The van der Waals surface area contributed by atoms with E-state index < -0.39 is 20.0 Å². The molecule has 0 saturated carbocycles. The van der Waals surface area contributed by atoms with Crippen LogP contribution in [0.4, 0.5) is 0 Å². The van der Waals surface area contributed by atoms with Crippen molar-refractivity contribution in [3.8, 4) is 5.75 Å². The molecule has 32 heavy (non-hydrogen) atoms. The van der Waals surface area contributed by atoms with Gasteiger partial charge in [-0.15, -0.1) is 0 Å². The molecule has 1 unspecified atom stereocenters. The molecule has 1 saturated heterocycles. The van der Waals surface area contributed by atoms with Gasteiger partial charge in [0.2, 0.25) is 20.0 Å². The van der Waals surface area contributed by atoms with E-state index in [-0.39, 0.29) is 35.5 Å². The molecule has 0 bridgehead atoms. The van der Waals surface area contributed by atoms with E-state index in [9.17, 15) is 16.8 Å². The highest BCUT2D eigenvalue weighted by atomic mass is 32.2. The van der Waals surface area contributed by atoms with Gasteiger partial charge in [-0.05, 0) is 56.1 Å². The summed E-state index contributed by atoms with van der Waals surface area (Å²) in [4.78, 5) is 1.97. The van der Waals surface area contributed by atoms with Crippen LogP contribution in [0.3, 0.4) is 0 Å². The zero-order valence-electron chi connectivity index (χ0n) is 18.4. The second-order valence-electron chi connectivity index (χ2n) is 7.60. The minimum Gasteiger partial charge on any atom is -0.497 e. The molecule has 176 valence electrons. The Labute approximate surface area is 190 Å². The predicted molar refractivity (Wildman–Crippen MR) is 121 cm³/mol. The molecule has 11 heteroatoms. The number of likely N-dealkylation sites (N-methyl/N-ethyl adjacent to an activating group) is 1. The van der Waals surface area contributed by atoms with Gasteiger partial charge in [0.1, 0.15) is 5.75 Å². The molecule has 1 aliphatic rings. The summed E-state index contributed by atoms with van der Waals surface area (Å²) in [5, 5.41) is 0. The van der Waals surface area contributed by atoms with E-state index in [4.69, 9.17) is 9.47 Å². The number of benzene rings is 2. The average molecular weight is 484 g/mol. The van der Waals surface area contributed by atoms with Crippen LogP contribution in [-0.2, 0) is 24.8 Å². The van der Waals surface area contributed by atoms with Crippen molar-refractivity contribution in [3.63, 3.8) is 0 Å². The standard InChI is InChI=1S/C21H29N3O6S2/c1-23(2)21(17-5-4-6-18(15-17)29-3)16-22-31(25,26)19-7-9-20(10-8-19)32(27,28)24-11-13-30-14-12-24/h4-10,15,21-22H,11-14,16H2,1-3H3. The number of rotatable bonds is 9. The van der Waals surface area contributed by atoms with Crippen LogP contribution >= 0.6 is 0 Å². The predicted octanol–water partition coefficient (Wildman–Crippen LogP) is 1.30. The first-order valence-electron chi connectivity index (χ1n) is 10.1. The maximum Gasteiger partial charge on any atom is 0.243 e. The first kappa shape index (κ1) is 24.6. The highest BCUT2D eigenvalue weighted by Gasteiger charge is 2.27. The van der Waals surface area contributed by atoms with Crippen molar-refractivity contribution in [2.75, 3.05) is 54.1 Å². The molecule has 1 heterocycles. The van der Waals surface area contributed by atoms with Crippen LogP contribution in [0.2, 0.25) is 0 Å². The Morgan fingerprint density at radius 3 is 2.25 bits per heavy atom. The molecule has 0 aromatic heterocycles. The largest absolute Gasteiger partial charge is 0.497 e. The fourth-order valence-corrected chi connectivity index (χ4v) is 5.89. The molecule has 2 aromatic rings. The number of ether oxygens (including phenoxy) is 2. The van der Waals surface area contributed by atoms with Gasteiger partial charge in [0.05, 0.1) is 30.1 Å². The Hall–Kier alpha value is -2.02. The summed E-state index contributed by atoms with van der Waals surface area (Å²) in [6.07, 6.45) is 0. The first-order chi connectivity index (χ1) is 15.1. The van der Waals surface area contributed by atoms with Gasteiger partial charge < -0.3 is 14.4 Å². The molecule has 2 aromatic carbocycles. The van der Waals surface area contributed by atoms with Crippen molar-refractivity contribution >= 4 is 20.0 Å². The lowest BCUT2D eigenvalue weighted by molar-refractivity contribution is 0.0730.